The average molecular weight is 464 g/mol. The van der Waals surface area contributed by atoms with Gasteiger partial charge in [-0.2, -0.15) is 13.2 Å². The molecule has 2 aromatic rings. The molecule has 1 aliphatic rings. The van der Waals surface area contributed by atoms with Crippen LogP contribution in [0.4, 0.5) is 13.2 Å². The molecule has 9 heteroatoms. The van der Waals surface area contributed by atoms with E-state index < -0.39 is 11.7 Å². The van der Waals surface area contributed by atoms with Crippen molar-refractivity contribution in [3.05, 3.63) is 60.2 Å². The van der Waals surface area contributed by atoms with Crippen LogP contribution in [-0.4, -0.2) is 49.6 Å². The lowest BCUT2D eigenvalue weighted by Crippen LogP contribution is -2.46. The second-order valence-electron chi connectivity index (χ2n) is 7.76. The van der Waals surface area contributed by atoms with Crippen LogP contribution in [0.5, 0.6) is 11.5 Å². The molecule has 3 rings (SSSR count). The number of para-hydroxylation sites is 1. The van der Waals surface area contributed by atoms with Gasteiger partial charge in [-0.3, -0.25) is 9.59 Å². The number of alkyl halides is 3. The van der Waals surface area contributed by atoms with Crippen LogP contribution >= 0.6 is 0 Å². The van der Waals surface area contributed by atoms with Crippen molar-refractivity contribution < 1.29 is 32.2 Å². The van der Waals surface area contributed by atoms with Gasteiger partial charge >= 0.3 is 6.18 Å². The van der Waals surface area contributed by atoms with Gasteiger partial charge < -0.3 is 19.7 Å². The van der Waals surface area contributed by atoms with Crippen molar-refractivity contribution in [1.82, 2.24) is 10.2 Å². The molecular weight excluding hydrogens is 437 g/mol. The normalized spacial score (nSPS) is 16.2. The smallest absolute Gasteiger partial charge is 0.416 e. The van der Waals surface area contributed by atoms with E-state index in [1.54, 1.807) is 4.90 Å². The monoisotopic (exact) mass is 464 g/mol. The minimum Gasteiger partial charge on any atom is -0.493 e. The highest BCUT2D eigenvalue weighted by atomic mass is 19.4. The predicted octanol–water partition coefficient (Wildman–Crippen LogP) is 3.91. The molecule has 0 aliphatic carbocycles. The summed E-state index contributed by atoms with van der Waals surface area (Å²) in [7, 11) is 0. The zero-order valence-corrected chi connectivity index (χ0v) is 18.1. The molecule has 0 spiro atoms. The lowest BCUT2D eigenvalue weighted by molar-refractivity contribution is -0.138. The fourth-order valence-electron chi connectivity index (χ4n) is 3.60. The zero-order chi connectivity index (χ0) is 23.7. The highest BCUT2D eigenvalue weighted by Gasteiger charge is 2.31. The molecule has 2 aromatic carbocycles. The van der Waals surface area contributed by atoms with Crippen molar-refractivity contribution in [3.8, 4) is 11.5 Å². The van der Waals surface area contributed by atoms with E-state index in [1.165, 1.54) is 12.1 Å². The summed E-state index contributed by atoms with van der Waals surface area (Å²) in [5.41, 5.74) is -0.787. The van der Waals surface area contributed by atoms with Crippen molar-refractivity contribution in [2.24, 2.45) is 5.92 Å². The summed E-state index contributed by atoms with van der Waals surface area (Å²) in [4.78, 5) is 26.7. The Bertz CT molecular complexity index is 921. The summed E-state index contributed by atoms with van der Waals surface area (Å²) in [6.45, 7) is 1.41. The lowest BCUT2D eigenvalue weighted by Gasteiger charge is -2.32. The van der Waals surface area contributed by atoms with E-state index in [2.05, 4.69) is 5.32 Å². The number of nitrogens with one attached hydrogen (secondary N) is 1. The fourth-order valence-corrected chi connectivity index (χ4v) is 3.60. The maximum absolute atomic E-state index is 12.8. The first-order valence-corrected chi connectivity index (χ1v) is 10.9. The topological polar surface area (TPSA) is 67.9 Å². The fraction of sp³-hybridized carbons (Fsp3) is 0.417. The number of ether oxygens (including phenoxy) is 2. The molecule has 1 atom stereocenters. The second-order valence-corrected chi connectivity index (χ2v) is 7.76. The van der Waals surface area contributed by atoms with Gasteiger partial charge in [0.1, 0.15) is 18.1 Å². The Hall–Kier alpha value is -3.23. The number of hydrogen-bond donors (Lipinski definition) is 1. The summed E-state index contributed by atoms with van der Waals surface area (Å²) < 4.78 is 49.2. The Morgan fingerprint density at radius 2 is 1.73 bits per heavy atom. The molecule has 178 valence electrons. The predicted molar refractivity (Wildman–Crippen MR) is 116 cm³/mol. The molecule has 0 saturated carbocycles. The maximum Gasteiger partial charge on any atom is 0.416 e. The average Bonchev–Trinajstić information content (AvgIpc) is 2.82. The summed E-state index contributed by atoms with van der Waals surface area (Å²) in [5.74, 6) is 0.211. The number of amides is 2. The van der Waals surface area contributed by atoms with Crippen molar-refractivity contribution in [3.63, 3.8) is 0 Å². The molecule has 0 aromatic heterocycles. The molecule has 1 saturated heterocycles. The van der Waals surface area contributed by atoms with E-state index in [-0.39, 0.29) is 49.7 Å². The van der Waals surface area contributed by atoms with Crippen LogP contribution in [0.1, 0.15) is 24.8 Å². The maximum atomic E-state index is 12.8. The Balaban J connectivity index is 1.37. The largest absolute Gasteiger partial charge is 0.493 e. The third-order valence-electron chi connectivity index (χ3n) is 5.30. The van der Waals surface area contributed by atoms with Gasteiger partial charge in [0.2, 0.25) is 11.8 Å². The van der Waals surface area contributed by atoms with Crippen LogP contribution in [-0.2, 0) is 15.8 Å². The van der Waals surface area contributed by atoms with Crippen LogP contribution in [0.15, 0.2) is 54.6 Å². The Morgan fingerprint density at radius 3 is 2.48 bits per heavy atom. The van der Waals surface area contributed by atoms with E-state index in [0.29, 0.717) is 25.3 Å². The first-order valence-electron chi connectivity index (χ1n) is 10.9. The van der Waals surface area contributed by atoms with Gasteiger partial charge in [0, 0.05) is 13.1 Å². The van der Waals surface area contributed by atoms with Gasteiger partial charge in [0.05, 0.1) is 31.1 Å². The van der Waals surface area contributed by atoms with Crippen molar-refractivity contribution in [2.45, 2.75) is 25.4 Å². The van der Waals surface area contributed by atoms with Crippen LogP contribution in [0.25, 0.3) is 0 Å². The van der Waals surface area contributed by atoms with E-state index >= 15 is 0 Å². The van der Waals surface area contributed by atoms with Crippen LogP contribution in [0.3, 0.4) is 0 Å². The molecule has 1 heterocycles. The Labute approximate surface area is 190 Å². The summed E-state index contributed by atoms with van der Waals surface area (Å²) >= 11 is 0. The molecular formula is C24H27F3N2O4. The van der Waals surface area contributed by atoms with E-state index in [0.717, 1.165) is 18.6 Å². The van der Waals surface area contributed by atoms with Crippen LogP contribution in [0, 0.1) is 5.92 Å². The van der Waals surface area contributed by atoms with E-state index in [1.807, 2.05) is 30.3 Å². The molecule has 1 aliphatic heterocycles. The highest BCUT2D eigenvalue weighted by Crippen LogP contribution is 2.31. The number of halogens is 3. The first-order chi connectivity index (χ1) is 15.8. The number of rotatable bonds is 9. The van der Waals surface area contributed by atoms with Gasteiger partial charge in [-0.15, -0.1) is 0 Å². The number of nitrogens with zero attached hydrogens (tertiary/aromatic N) is 1. The van der Waals surface area contributed by atoms with Gasteiger partial charge in [-0.05, 0) is 43.2 Å². The van der Waals surface area contributed by atoms with E-state index in [4.69, 9.17) is 9.47 Å². The molecule has 0 bridgehead atoms. The number of carbonyl (C=O) groups is 2. The quantitative estimate of drug-likeness (QED) is 0.572. The summed E-state index contributed by atoms with van der Waals surface area (Å²) in [6, 6.07) is 13.8. The van der Waals surface area contributed by atoms with Crippen molar-refractivity contribution >= 4 is 11.8 Å². The molecule has 1 N–H and O–H groups in total. The lowest BCUT2D eigenvalue weighted by atomic mass is 9.97. The molecule has 2 amide bonds. The number of benzene rings is 2. The number of carbonyl (C=O) groups excluding carboxylic acids is 2. The van der Waals surface area contributed by atoms with Crippen molar-refractivity contribution in [1.29, 1.82) is 0 Å². The third kappa shape index (κ3) is 7.69. The molecule has 0 radical (unpaired) electrons. The van der Waals surface area contributed by atoms with Gasteiger partial charge in [-0.25, -0.2) is 0 Å². The Morgan fingerprint density at radius 1 is 1.00 bits per heavy atom. The molecule has 33 heavy (non-hydrogen) atoms. The number of hydrogen-bond acceptors (Lipinski definition) is 4. The highest BCUT2D eigenvalue weighted by molar-refractivity contribution is 5.81. The minimum absolute atomic E-state index is 0.0409. The molecule has 6 nitrogen and oxygen atoms in total. The van der Waals surface area contributed by atoms with Crippen LogP contribution < -0.4 is 14.8 Å². The van der Waals surface area contributed by atoms with Crippen LogP contribution in [0.2, 0.25) is 0 Å². The van der Waals surface area contributed by atoms with Gasteiger partial charge in [0.15, 0.2) is 0 Å². The third-order valence-corrected chi connectivity index (χ3v) is 5.30. The summed E-state index contributed by atoms with van der Waals surface area (Å²) in [6.07, 6.45) is -2.81. The van der Waals surface area contributed by atoms with Crippen molar-refractivity contribution in [2.75, 3.05) is 32.8 Å². The summed E-state index contributed by atoms with van der Waals surface area (Å²) in [5, 5.41) is 2.74. The zero-order valence-electron chi connectivity index (χ0n) is 18.1. The molecule has 1 unspecified atom stereocenters. The van der Waals surface area contributed by atoms with Gasteiger partial charge in [0.25, 0.3) is 0 Å². The SMILES string of the molecule is O=C(NCCOc1cccc(C(F)(F)F)c1)C1CCCN(C(=O)CCOc2ccccc2)C1. The Kier molecular flexibility index (Phi) is 8.57. The second kappa shape index (κ2) is 11.6. The number of piperidine rings is 1. The number of likely N-dealkylation sites (tertiary alicyclic amines) is 1. The first kappa shape index (κ1) is 24.4. The molecule has 1 fully saturated rings. The standard InChI is InChI=1S/C24H27F3N2O4/c25-24(26,27)19-7-4-10-21(16-19)33-15-12-28-23(31)18-6-5-13-29(17-18)22(30)11-14-32-20-8-2-1-3-9-20/h1-4,7-10,16,18H,5-6,11-15,17H2,(H,28,31). The minimum atomic E-state index is -4.44. The van der Waals surface area contributed by atoms with E-state index in [9.17, 15) is 22.8 Å². The van der Waals surface area contributed by atoms with Gasteiger partial charge in [-0.1, -0.05) is 24.3 Å².